The lowest BCUT2D eigenvalue weighted by atomic mass is 10.0. The molecule has 0 amide bonds. The Hall–Kier alpha value is 0.880. The van der Waals surface area contributed by atoms with Gasteiger partial charge in [0.1, 0.15) is 0 Å². The van der Waals surface area contributed by atoms with Crippen LogP contribution in [0.3, 0.4) is 0 Å². The molecule has 4 heteroatoms. The Morgan fingerprint density at radius 1 is 0.250 bits per heavy atom. The van der Waals surface area contributed by atoms with Gasteiger partial charge in [0.2, 0.25) is 0 Å². The summed E-state index contributed by atoms with van der Waals surface area (Å²) in [5.74, 6) is 0. The molecule has 0 unspecified atom stereocenters. The van der Waals surface area contributed by atoms with Crippen LogP contribution in [0.4, 0.5) is 0 Å². The third kappa shape index (κ3) is 35.5. The Balaban J connectivity index is -0.00000420. The van der Waals surface area contributed by atoms with Crippen molar-refractivity contribution >= 4 is 0 Å². The second-order valence-electron chi connectivity index (χ2n) is 12.1. The van der Waals surface area contributed by atoms with Crippen LogP contribution in [0.2, 0.25) is 0 Å². The van der Waals surface area contributed by atoms with E-state index in [9.17, 15) is 0 Å². The van der Waals surface area contributed by atoms with Gasteiger partial charge in [0.15, 0.2) is 0 Å². The number of unbranched alkanes of at least 4 members (excludes halogenated alkanes) is 19. The SMILES string of the molecule is C[N+](C)(C)CCCCCCCCCCCCCCCCCCCCCC[N+](C)(C)C.[Br-].[Br-]. The summed E-state index contributed by atoms with van der Waals surface area (Å²) >= 11 is 0. The molecule has 0 aliphatic rings. The third-order valence-corrected chi connectivity index (χ3v) is 6.41. The topological polar surface area (TPSA) is 0 Å². The molecule has 0 aromatic carbocycles. The highest BCUT2D eigenvalue weighted by atomic mass is 79.9. The average Bonchev–Trinajstić information content (AvgIpc) is 2.64. The van der Waals surface area contributed by atoms with Crippen molar-refractivity contribution in [3.63, 3.8) is 0 Å². The average molecular weight is 587 g/mol. The van der Waals surface area contributed by atoms with Crippen molar-refractivity contribution in [3.8, 4) is 0 Å². The van der Waals surface area contributed by atoms with E-state index in [1.807, 2.05) is 0 Å². The smallest absolute Gasteiger partial charge is 0.0780 e. The van der Waals surface area contributed by atoms with Crippen molar-refractivity contribution in [2.24, 2.45) is 0 Å². The molecular weight excluding hydrogens is 524 g/mol. The van der Waals surface area contributed by atoms with Gasteiger partial charge in [0.05, 0.1) is 55.4 Å². The number of hydrogen-bond donors (Lipinski definition) is 0. The monoisotopic (exact) mass is 584 g/mol. The number of rotatable bonds is 23. The third-order valence-electron chi connectivity index (χ3n) is 6.41. The summed E-state index contributed by atoms with van der Waals surface area (Å²) in [4.78, 5) is 0. The van der Waals surface area contributed by atoms with Crippen molar-refractivity contribution in [3.05, 3.63) is 0 Å². The van der Waals surface area contributed by atoms with Gasteiger partial charge in [-0.25, -0.2) is 0 Å². The lowest BCUT2D eigenvalue weighted by molar-refractivity contribution is -0.870. The van der Waals surface area contributed by atoms with Crippen LogP contribution in [0.25, 0.3) is 0 Å². The normalized spacial score (nSPS) is 11.8. The zero-order valence-corrected chi connectivity index (χ0v) is 26.4. The van der Waals surface area contributed by atoms with Gasteiger partial charge in [-0.1, -0.05) is 103 Å². The summed E-state index contributed by atoms with van der Waals surface area (Å²) in [7, 11) is 13.8. The van der Waals surface area contributed by atoms with Gasteiger partial charge in [-0.2, -0.15) is 0 Å². The molecule has 0 bridgehead atoms. The molecule has 0 N–H and O–H groups in total. The minimum absolute atomic E-state index is 0. The van der Waals surface area contributed by atoms with Gasteiger partial charge in [-0.3, -0.25) is 0 Å². The molecule has 0 saturated carbocycles. The zero-order chi connectivity index (χ0) is 22.6. The van der Waals surface area contributed by atoms with Crippen LogP contribution in [0, 0.1) is 0 Å². The fraction of sp³-hybridized carbons (Fsp3) is 1.00. The number of nitrogens with zero attached hydrogens (tertiary/aromatic N) is 2. The molecule has 0 saturated heterocycles. The van der Waals surface area contributed by atoms with E-state index in [2.05, 4.69) is 42.3 Å². The molecule has 0 heterocycles. The molecule has 0 spiro atoms. The van der Waals surface area contributed by atoms with Crippen LogP contribution in [-0.2, 0) is 0 Å². The van der Waals surface area contributed by atoms with Gasteiger partial charge >= 0.3 is 0 Å². The van der Waals surface area contributed by atoms with Crippen LogP contribution < -0.4 is 34.0 Å². The molecule has 0 rings (SSSR count). The van der Waals surface area contributed by atoms with Gasteiger partial charge < -0.3 is 42.9 Å². The van der Waals surface area contributed by atoms with Gasteiger partial charge in [0, 0.05) is 0 Å². The Labute approximate surface area is 226 Å². The summed E-state index contributed by atoms with van der Waals surface area (Å²) in [5.41, 5.74) is 0. The highest BCUT2D eigenvalue weighted by Gasteiger charge is 2.05. The maximum Gasteiger partial charge on any atom is 0.0780 e. The van der Waals surface area contributed by atoms with Crippen LogP contribution in [0.15, 0.2) is 0 Å². The second-order valence-corrected chi connectivity index (χ2v) is 12.1. The summed E-state index contributed by atoms with van der Waals surface area (Å²) in [5, 5.41) is 0. The maximum atomic E-state index is 2.30. The fourth-order valence-corrected chi connectivity index (χ4v) is 4.35. The quantitative estimate of drug-likeness (QED) is 0.127. The summed E-state index contributed by atoms with van der Waals surface area (Å²) in [6.07, 6.45) is 29.3. The largest absolute Gasteiger partial charge is 1.00 e. The lowest BCUT2D eigenvalue weighted by Gasteiger charge is -2.23. The van der Waals surface area contributed by atoms with Gasteiger partial charge in [-0.05, 0) is 25.7 Å². The minimum Gasteiger partial charge on any atom is -1.00 e. The predicted molar refractivity (Wildman–Crippen MR) is 138 cm³/mol. The first-order valence-electron chi connectivity index (χ1n) is 13.8. The molecule has 198 valence electrons. The summed E-state index contributed by atoms with van der Waals surface area (Å²) in [6, 6.07) is 0. The van der Waals surface area contributed by atoms with E-state index >= 15 is 0 Å². The van der Waals surface area contributed by atoms with Crippen LogP contribution in [0.5, 0.6) is 0 Å². The Kier molecular flexibility index (Phi) is 29.2. The number of quaternary nitrogens is 2. The number of hydrogen-bond acceptors (Lipinski definition) is 0. The first-order chi connectivity index (χ1) is 14.2. The zero-order valence-electron chi connectivity index (χ0n) is 23.2. The van der Waals surface area contributed by atoms with E-state index < -0.39 is 0 Å². The number of halogens is 2. The summed E-state index contributed by atoms with van der Waals surface area (Å²) < 4.78 is 2.25. The molecule has 32 heavy (non-hydrogen) atoms. The van der Waals surface area contributed by atoms with Gasteiger partial charge in [-0.15, -0.1) is 0 Å². The molecule has 0 radical (unpaired) electrons. The first kappa shape index (κ1) is 37.4. The standard InChI is InChI=1S/C28H62N2.2BrH/c1-29(2,3)27-25-23-21-19-17-15-13-11-9-7-8-10-12-14-16-18-20-22-24-26-28-30(4,5)6;;/h7-28H2,1-6H3;2*1H/q+2;;/p-2. The molecule has 0 aromatic heterocycles. The Morgan fingerprint density at radius 3 is 0.500 bits per heavy atom. The first-order valence-corrected chi connectivity index (χ1v) is 13.8. The molecule has 0 aliphatic heterocycles. The molecule has 0 aromatic rings. The molecular formula is C28H62Br2N2. The molecule has 0 fully saturated rings. The minimum atomic E-state index is 0. The van der Waals surface area contributed by atoms with Crippen LogP contribution in [0.1, 0.15) is 128 Å². The highest BCUT2D eigenvalue weighted by Crippen LogP contribution is 2.15. The van der Waals surface area contributed by atoms with Crippen molar-refractivity contribution in [2.45, 2.75) is 128 Å². The van der Waals surface area contributed by atoms with Crippen molar-refractivity contribution in [1.29, 1.82) is 0 Å². The molecule has 2 nitrogen and oxygen atoms in total. The highest BCUT2D eigenvalue weighted by molar-refractivity contribution is 4.51. The predicted octanol–water partition coefficient (Wildman–Crippen LogP) is 2.21. The van der Waals surface area contributed by atoms with Crippen molar-refractivity contribution in [1.82, 2.24) is 0 Å². The second kappa shape index (κ2) is 25.0. The maximum absolute atomic E-state index is 2.30. The van der Waals surface area contributed by atoms with Gasteiger partial charge in [0.25, 0.3) is 0 Å². The van der Waals surface area contributed by atoms with E-state index in [1.165, 1.54) is 142 Å². The van der Waals surface area contributed by atoms with Crippen LogP contribution in [-0.4, -0.2) is 64.3 Å². The van der Waals surface area contributed by atoms with Crippen molar-refractivity contribution < 1.29 is 42.9 Å². The van der Waals surface area contributed by atoms with Crippen LogP contribution >= 0.6 is 0 Å². The van der Waals surface area contributed by atoms with E-state index in [4.69, 9.17) is 0 Å². The fourth-order valence-electron chi connectivity index (χ4n) is 4.35. The van der Waals surface area contributed by atoms with E-state index in [1.54, 1.807) is 0 Å². The van der Waals surface area contributed by atoms with E-state index in [0.29, 0.717) is 0 Å². The summed E-state index contributed by atoms with van der Waals surface area (Å²) in [6.45, 7) is 2.66. The van der Waals surface area contributed by atoms with Crippen molar-refractivity contribution in [2.75, 3.05) is 55.4 Å². The Bertz CT molecular complexity index is 314. The van der Waals surface area contributed by atoms with E-state index in [-0.39, 0.29) is 34.0 Å². The van der Waals surface area contributed by atoms with E-state index in [0.717, 1.165) is 8.97 Å². The molecule has 0 aliphatic carbocycles. The Morgan fingerprint density at radius 2 is 0.375 bits per heavy atom. The lowest BCUT2D eigenvalue weighted by Crippen LogP contribution is -3.00. The molecule has 0 atom stereocenters.